The molecule has 5 nitrogen and oxygen atoms in total. The molecule has 1 aliphatic carbocycles. The number of thioether (sulfide) groups is 1. The van der Waals surface area contributed by atoms with Crippen LogP contribution >= 0.6 is 24.2 Å². The first-order valence-corrected chi connectivity index (χ1v) is 10.8. The maximum Gasteiger partial charge on any atom is 0.230 e. The van der Waals surface area contributed by atoms with Crippen LogP contribution in [0.3, 0.4) is 0 Å². The van der Waals surface area contributed by atoms with Crippen molar-refractivity contribution >= 4 is 45.6 Å². The first kappa shape index (κ1) is 19.4. The summed E-state index contributed by atoms with van der Waals surface area (Å²) >= 11 is 1.46. The molecule has 24 heavy (non-hydrogen) atoms. The van der Waals surface area contributed by atoms with E-state index in [1.54, 1.807) is 0 Å². The molecule has 2 aliphatic rings. The summed E-state index contributed by atoms with van der Waals surface area (Å²) < 4.78 is 22.9. The molecular formula is C16H23ClN2O3S2. The Labute approximate surface area is 153 Å². The van der Waals surface area contributed by atoms with Crippen molar-refractivity contribution < 1.29 is 13.2 Å². The third kappa shape index (κ3) is 4.80. The Morgan fingerprint density at radius 1 is 1.33 bits per heavy atom. The molecule has 1 aliphatic heterocycles. The van der Waals surface area contributed by atoms with Crippen molar-refractivity contribution in [1.29, 1.82) is 0 Å². The SMILES string of the molecule is Cl.Nc1ccc2c(c1)CCCC2NC(=O)CSC1CCS(=O)(=O)C1. The summed E-state index contributed by atoms with van der Waals surface area (Å²) in [5.41, 5.74) is 8.96. The average Bonchev–Trinajstić information content (AvgIpc) is 2.84. The predicted octanol–water partition coefficient (Wildman–Crippen LogP) is 2.10. The third-order valence-corrected chi connectivity index (χ3v) is 7.74. The number of hydrogen-bond donors (Lipinski definition) is 2. The summed E-state index contributed by atoms with van der Waals surface area (Å²) in [7, 11) is -2.88. The quantitative estimate of drug-likeness (QED) is 0.768. The van der Waals surface area contributed by atoms with E-state index in [-0.39, 0.29) is 41.1 Å². The van der Waals surface area contributed by atoms with E-state index >= 15 is 0 Å². The lowest BCUT2D eigenvalue weighted by Gasteiger charge is -2.26. The number of aryl methyl sites for hydroxylation is 1. The zero-order valence-electron chi connectivity index (χ0n) is 13.4. The van der Waals surface area contributed by atoms with Gasteiger partial charge in [0, 0.05) is 10.9 Å². The van der Waals surface area contributed by atoms with Crippen LogP contribution in [0.25, 0.3) is 0 Å². The van der Waals surface area contributed by atoms with E-state index in [0.29, 0.717) is 12.2 Å². The number of nitrogens with two attached hydrogens (primary N) is 1. The van der Waals surface area contributed by atoms with E-state index in [4.69, 9.17) is 5.73 Å². The van der Waals surface area contributed by atoms with E-state index in [1.165, 1.54) is 17.3 Å². The number of carbonyl (C=O) groups excluding carboxylic acids is 1. The van der Waals surface area contributed by atoms with Crippen molar-refractivity contribution in [3.8, 4) is 0 Å². The van der Waals surface area contributed by atoms with Crippen LogP contribution in [0.1, 0.15) is 36.4 Å². The van der Waals surface area contributed by atoms with Crippen LogP contribution in [-0.4, -0.2) is 36.8 Å². The molecule has 2 atom stereocenters. The number of hydrogen-bond acceptors (Lipinski definition) is 5. The molecular weight excluding hydrogens is 368 g/mol. The number of benzene rings is 1. The number of rotatable bonds is 4. The van der Waals surface area contributed by atoms with Crippen molar-refractivity contribution in [2.45, 2.75) is 37.0 Å². The maximum absolute atomic E-state index is 12.2. The van der Waals surface area contributed by atoms with Gasteiger partial charge in [0.25, 0.3) is 0 Å². The summed E-state index contributed by atoms with van der Waals surface area (Å²) in [6, 6.07) is 5.92. The molecule has 3 rings (SSSR count). The summed E-state index contributed by atoms with van der Waals surface area (Å²) in [5, 5.41) is 3.15. The highest BCUT2D eigenvalue weighted by molar-refractivity contribution is 8.02. The van der Waals surface area contributed by atoms with Crippen LogP contribution in [0.4, 0.5) is 5.69 Å². The molecule has 0 aromatic heterocycles. The van der Waals surface area contributed by atoms with Gasteiger partial charge in [0.15, 0.2) is 9.84 Å². The normalized spacial score (nSPS) is 24.7. The summed E-state index contributed by atoms with van der Waals surface area (Å²) in [6.07, 6.45) is 3.63. The fraction of sp³-hybridized carbons (Fsp3) is 0.562. The summed E-state index contributed by atoms with van der Waals surface area (Å²) in [6.45, 7) is 0. The number of sulfone groups is 1. The Hall–Kier alpha value is -0.920. The van der Waals surface area contributed by atoms with Gasteiger partial charge in [0.2, 0.25) is 5.91 Å². The van der Waals surface area contributed by atoms with E-state index in [1.807, 2.05) is 18.2 Å². The zero-order chi connectivity index (χ0) is 16.4. The van der Waals surface area contributed by atoms with Crippen molar-refractivity contribution in [3.05, 3.63) is 29.3 Å². The molecule has 1 heterocycles. The summed E-state index contributed by atoms with van der Waals surface area (Å²) in [4.78, 5) is 12.2. The Balaban J connectivity index is 0.00000208. The maximum atomic E-state index is 12.2. The molecule has 0 bridgehead atoms. The van der Waals surface area contributed by atoms with Crippen molar-refractivity contribution in [1.82, 2.24) is 5.32 Å². The highest BCUT2D eigenvalue weighted by atomic mass is 35.5. The Morgan fingerprint density at radius 2 is 2.12 bits per heavy atom. The third-order valence-electron chi connectivity index (χ3n) is 4.46. The highest BCUT2D eigenvalue weighted by Gasteiger charge is 2.29. The van der Waals surface area contributed by atoms with Crippen molar-refractivity contribution in [3.63, 3.8) is 0 Å². The molecule has 1 saturated heterocycles. The number of halogens is 1. The van der Waals surface area contributed by atoms with Gasteiger partial charge < -0.3 is 11.1 Å². The lowest BCUT2D eigenvalue weighted by Crippen LogP contribution is -2.32. The monoisotopic (exact) mass is 390 g/mol. The van der Waals surface area contributed by atoms with Crippen LogP contribution in [-0.2, 0) is 21.1 Å². The molecule has 1 fully saturated rings. The van der Waals surface area contributed by atoms with Gasteiger partial charge in [0.1, 0.15) is 0 Å². The molecule has 0 radical (unpaired) electrons. The first-order valence-electron chi connectivity index (χ1n) is 7.93. The molecule has 1 aromatic rings. The topological polar surface area (TPSA) is 89.3 Å². The van der Waals surface area contributed by atoms with Gasteiger partial charge in [0.05, 0.1) is 23.3 Å². The smallest absolute Gasteiger partial charge is 0.230 e. The Kier molecular flexibility index (Phi) is 6.45. The second kappa shape index (κ2) is 7.97. The van der Waals surface area contributed by atoms with E-state index < -0.39 is 9.84 Å². The van der Waals surface area contributed by atoms with E-state index in [2.05, 4.69) is 5.32 Å². The zero-order valence-corrected chi connectivity index (χ0v) is 15.8. The average molecular weight is 391 g/mol. The van der Waals surface area contributed by atoms with Crippen LogP contribution in [0, 0.1) is 0 Å². The number of nitrogen functional groups attached to an aromatic ring is 1. The molecule has 0 saturated carbocycles. The number of nitrogens with one attached hydrogen (secondary N) is 1. The number of amides is 1. The van der Waals surface area contributed by atoms with Gasteiger partial charge in [-0.25, -0.2) is 8.42 Å². The molecule has 1 amide bonds. The van der Waals surface area contributed by atoms with Gasteiger partial charge in [-0.2, -0.15) is 0 Å². The number of fused-ring (bicyclic) bond motifs is 1. The fourth-order valence-corrected chi connectivity index (χ4v) is 6.76. The largest absolute Gasteiger partial charge is 0.399 e. The van der Waals surface area contributed by atoms with Crippen LogP contribution in [0.2, 0.25) is 0 Å². The highest BCUT2D eigenvalue weighted by Crippen LogP contribution is 2.31. The van der Waals surface area contributed by atoms with Crippen LogP contribution in [0.5, 0.6) is 0 Å². The minimum absolute atomic E-state index is 0. The second-order valence-corrected chi connectivity index (χ2v) is 9.82. The van der Waals surface area contributed by atoms with Gasteiger partial charge >= 0.3 is 0 Å². The molecule has 0 spiro atoms. The van der Waals surface area contributed by atoms with Gasteiger partial charge in [-0.15, -0.1) is 24.2 Å². The fourth-order valence-electron chi connectivity index (χ4n) is 3.31. The van der Waals surface area contributed by atoms with Crippen molar-refractivity contribution in [2.75, 3.05) is 23.0 Å². The standard InChI is InChI=1S/C16H22N2O3S2.ClH/c17-12-4-5-14-11(8-12)2-1-3-15(14)18-16(19)9-22-13-6-7-23(20,21)10-13;/h4-5,8,13,15H,1-3,6-7,9-10,17H2,(H,18,19);1H. The molecule has 2 unspecified atom stereocenters. The molecule has 1 aromatic carbocycles. The van der Waals surface area contributed by atoms with Crippen molar-refractivity contribution in [2.24, 2.45) is 0 Å². The van der Waals surface area contributed by atoms with Crippen LogP contribution < -0.4 is 11.1 Å². The molecule has 3 N–H and O–H groups in total. The van der Waals surface area contributed by atoms with Gasteiger partial charge in [-0.3, -0.25) is 4.79 Å². The van der Waals surface area contributed by atoms with E-state index in [9.17, 15) is 13.2 Å². The van der Waals surface area contributed by atoms with Crippen LogP contribution in [0.15, 0.2) is 18.2 Å². The lowest BCUT2D eigenvalue weighted by atomic mass is 9.87. The predicted molar refractivity (Wildman–Crippen MR) is 101 cm³/mol. The molecule has 8 heteroatoms. The lowest BCUT2D eigenvalue weighted by molar-refractivity contribution is -0.119. The number of carbonyl (C=O) groups is 1. The van der Waals surface area contributed by atoms with Gasteiger partial charge in [-0.1, -0.05) is 6.07 Å². The second-order valence-electron chi connectivity index (χ2n) is 6.31. The summed E-state index contributed by atoms with van der Waals surface area (Å²) in [5.74, 6) is 0.759. The van der Waals surface area contributed by atoms with E-state index in [0.717, 1.165) is 30.5 Å². The molecule has 134 valence electrons. The first-order chi connectivity index (χ1) is 10.9. The van der Waals surface area contributed by atoms with Gasteiger partial charge in [-0.05, 0) is 48.9 Å². The Bertz CT molecular complexity index is 709. The Morgan fingerprint density at radius 3 is 2.83 bits per heavy atom. The number of anilines is 1. The minimum Gasteiger partial charge on any atom is -0.399 e. The minimum atomic E-state index is -2.88.